The number of rotatable bonds is 10. The fourth-order valence-corrected chi connectivity index (χ4v) is 3.43. The molecule has 188 valence electrons. The Morgan fingerprint density at radius 1 is 0.971 bits per heavy atom. The number of carbonyl (C=O) groups is 4. The van der Waals surface area contributed by atoms with Crippen molar-refractivity contribution in [3.8, 4) is 0 Å². The molecule has 0 saturated carbocycles. The second-order valence-corrected chi connectivity index (χ2v) is 9.17. The number of alkyl carbamates (subject to hydrolysis) is 1. The normalized spacial score (nSPS) is 12.7. The van der Waals surface area contributed by atoms with Crippen LogP contribution < -0.4 is 16.4 Å². The molecule has 2 atom stereocenters. The van der Waals surface area contributed by atoms with Crippen LogP contribution in [0.15, 0.2) is 60.7 Å². The molecular formula is C26H34N4O5. The molecule has 0 radical (unpaired) electrons. The van der Waals surface area contributed by atoms with E-state index in [1.165, 1.54) is 11.9 Å². The number of amides is 4. The number of hydrogen-bond acceptors (Lipinski definition) is 5. The molecule has 2 aromatic carbocycles. The van der Waals surface area contributed by atoms with Gasteiger partial charge in [-0.2, -0.15) is 0 Å². The molecule has 4 N–H and O–H groups in total. The Balaban J connectivity index is 2.26. The third-order valence-electron chi connectivity index (χ3n) is 5.08. The average Bonchev–Trinajstić information content (AvgIpc) is 2.80. The van der Waals surface area contributed by atoms with E-state index in [1.807, 2.05) is 36.4 Å². The molecule has 4 amide bonds. The Hall–Kier alpha value is -3.88. The molecule has 2 rings (SSSR count). The van der Waals surface area contributed by atoms with Gasteiger partial charge in [0.05, 0.1) is 0 Å². The molecule has 0 aliphatic carbocycles. The van der Waals surface area contributed by atoms with Crippen molar-refractivity contribution in [3.63, 3.8) is 0 Å². The number of primary amides is 1. The molecule has 9 heteroatoms. The lowest BCUT2D eigenvalue weighted by atomic mass is 10.0. The van der Waals surface area contributed by atoms with Crippen molar-refractivity contribution in [1.29, 1.82) is 0 Å². The summed E-state index contributed by atoms with van der Waals surface area (Å²) in [4.78, 5) is 51.8. The van der Waals surface area contributed by atoms with Gasteiger partial charge in [0, 0.05) is 20.0 Å². The highest BCUT2D eigenvalue weighted by Gasteiger charge is 2.34. The lowest BCUT2D eigenvalue weighted by Gasteiger charge is -2.31. The highest BCUT2D eigenvalue weighted by molar-refractivity contribution is 5.92. The third kappa shape index (κ3) is 9.11. The molecule has 0 aliphatic rings. The van der Waals surface area contributed by atoms with E-state index in [9.17, 15) is 19.2 Å². The van der Waals surface area contributed by atoms with Crippen LogP contribution >= 0.6 is 0 Å². The summed E-state index contributed by atoms with van der Waals surface area (Å²) < 4.78 is 5.27. The van der Waals surface area contributed by atoms with Crippen molar-refractivity contribution < 1.29 is 23.9 Å². The van der Waals surface area contributed by atoms with Crippen LogP contribution in [0.3, 0.4) is 0 Å². The number of carbonyl (C=O) groups excluding carboxylic acids is 4. The summed E-state index contributed by atoms with van der Waals surface area (Å²) in [5, 5.41) is 5.40. The number of likely N-dealkylation sites (N-methyl/N-ethyl adjacent to an activating group) is 1. The summed E-state index contributed by atoms with van der Waals surface area (Å²) in [6, 6.07) is 16.2. The Kier molecular flexibility index (Phi) is 9.81. The van der Waals surface area contributed by atoms with Gasteiger partial charge in [-0.1, -0.05) is 60.7 Å². The molecule has 9 nitrogen and oxygen atoms in total. The first-order chi connectivity index (χ1) is 16.5. The topological polar surface area (TPSA) is 131 Å². The number of nitrogens with zero attached hydrogens (tertiary/aromatic N) is 1. The van der Waals surface area contributed by atoms with Crippen LogP contribution in [-0.4, -0.2) is 47.4 Å². The Bertz CT molecular complexity index is 1010. The minimum Gasteiger partial charge on any atom is -0.444 e. The smallest absolute Gasteiger partial charge is 0.408 e. The second kappa shape index (κ2) is 12.5. The Morgan fingerprint density at radius 3 is 2.09 bits per heavy atom. The van der Waals surface area contributed by atoms with E-state index >= 15 is 0 Å². The highest BCUT2D eigenvalue weighted by atomic mass is 16.6. The van der Waals surface area contributed by atoms with E-state index < -0.39 is 35.6 Å². The zero-order valence-corrected chi connectivity index (χ0v) is 20.6. The van der Waals surface area contributed by atoms with Crippen molar-refractivity contribution in [1.82, 2.24) is 15.5 Å². The maximum atomic E-state index is 13.5. The molecule has 0 aliphatic heterocycles. The zero-order valence-electron chi connectivity index (χ0n) is 20.6. The fraction of sp³-hybridized carbons (Fsp3) is 0.385. The van der Waals surface area contributed by atoms with Gasteiger partial charge in [0.25, 0.3) is 0 Å². The minimum absolute atomic E-state index is 0.0368. The molecule has 0 aromatic heterocycles. The van der Waals surface area contributed by atoms with Gasteiger partial charge in [-0.05, 0) is 38.3 Å². The predicted molar refractivity (Wildman–Crippen MR) is 132 cm³/mol. The van der Waals surface area contributed by atoms with Crippen LogP contribution in [0.25, 0.3) is 0 Å². The lowest BCUT2D eigenvalue weighted by molar-refractivity contribution is -0.141. The molecular weight excluding hydrogens is 448 g/mol. The number of nitrogens with one attached hydrogen (secondary N) is 2. The maximum Gasteiger partial charge on any atom is 0.408 e. The highest BCUT2D eigenvalue weighted by Crippen LogP contribution is 2.22. The molecule has 35 heavy (non-hydrogen) atoms. The number of ether oxygens (including phenoxy) is 1. The largest absolute Gasteiger partial charge is 0.444 e. The van der Waals surface area contributed by atoms with Crippen LogP contribution in [0.5, 0.6) is 0 Å². The van der Waals surface area contributed by atoms with Crippen molar-refractivity contribution in [2.75, 3.05) is 7.05 Å². The first-order valence-corrected chi connectivity index (χ1v) is 11.4. The van der Waals surface area contributed by atoms with Gasteiger partial charge in [-0.25, -0.2) is 4.79 Å². The quantitative estimate of drug-likeness (QED) is 0.479. The first kappa shape index (κ1) is 27.4. The van der Waals surface area contributed by atoms with E-state index in [1.54, 1.807) is 45.0 Å². The average molecular weight is 483 g/mol. The van der Waals surface area contributed by atoms with Crippen LogP contribution in [0.2, 0.25) is 0 Å². The van der Waals surface area contributed by atoms with E-state index in [0.717, 1.165) is 5.56 Å². The summed E-state index contributed by atoms with van der Waals surface area (Å²) in [6.45, 7) is 5.37. The summed E-state index contributed by atoms with van der Waals surface area (Å²) in [6.07, 6.45) is -0.972. The van der Waals surface area contributed by atoms with E-state index in [0.29, 0.717) is 5.56 Å². The summed E-state index contributed by atoms with van der Waals surface area (Å²) in [5.74, 6) is -1.56. The maximum absolute atomic E-state index is 13.5. The van der Waals surface area contributed by atoms with Crippen molar-refractivity contribution in [3.05, 3.63) is 71.8 Å². The van der Waals surface area contributed by atoms with Gasteiger partial charge >= 0.3 is 6.09 Å². The minimum atomic E-state index is -1.12. The van der Waals surface area contributed by atoms with Gasteiger partial charge < -0.3 is 26.0 Å². The Labute approximate surface area is 206 Å². The van der Waals surface area contributed by atoms with Gasteiger partial charge in [-0.15, -0.1) is 0 Å². The SMILES string of the molecule is CN(C(=O)C(CCC(N)=O)NC(=O)OC(C)(C)C)C(C(=O)NCc1ccccc1)c1ccccc1. The summed E-state index contributed by atoms with van der Waals surface area (Å²) in [5.41, 5.74) is 6.00. The van der Waals surface area contributed by atoms with Gasteiger partial charge in [0.1, 0.15) is 17.7 Å². The van der Waals surface area contributed by atoms with Gasteiger partial charge in [0.15, 0.2) is 0 Å². The van der Waals surface area contributed by atoms with Crippen molar-refractivity contribution >= 4 is 23.8 Å². The zero-order chi connectivity index (χ0) is 26.0. The van der Waals surface area contributed by atoms with Crippen LogP contribution in [0.1, 0.15) is 50.8 Å². The van der Waals surface area contributed by atoms with E-state index in [-0.39, 0.29) is 25.3 Å². The predicted octanol–water partition coefficient (Wildman–Crippen LogP) is 2.66. The fourth-order valence-electron chi connectivity index (χ4n) is 3.43. The van der Waals surface area contributed by atoms with Gasteiger partial charge in [-0.3, -0.25) is 14.4 Å². The monoisotopic (exact) mass is 482 g/mol. The van der Waals surface area contributed by atoms with Crippen molar-refractivity contribution in [2.45, 2.75) is 57.8 Å². The molecule has 0 bridgehead atoms. The van der Waals surface area contributed by atoms with E-state index in [4.69, 9.17) is 10.5 Å². The second-order valence-electron chi connectivity index (χ2n) is 9.17. The van der Waals surface area contributed by atoms with Crippen LogP contribution in [-0.2, 0) is 25.7 Å². The summed E-state index contributed by atoms with van der Waals surface area (Å²) in [7, 11) is 1.48. The standard InChI is InChI=1S/C26H34N4O5/c1-26(2,3)35-25(34)29-20(15-16-21(27)31)24(33)30(4)22(19-13-9-6-10-14-19)23(32)28-17-18-11-7-5-8-12-18/h5-14,20,22H,15-17H2,1-4H3,(H2,27,31)(H,28,32)(H,29,34). The third-order valence-corrected chi connectivity index (χ3v) is 5.08. The van der Waals surface area contributed by atoms with Crippen LogP contribution in [0.4, 0.5) is 4.79 Å². The molecule has 0 spiro atoms. The molecule has 2 unspecified atom stereocenters. The molecule has 0 heterocycles. The number of benzene rings is 2. The molecule has 2 aromatic rings. The van der Waals surface area contributed by atoms with Crippen molar-refractivity contribution in [2.24, 2.45) is 5.73 Å². The van der Waals surface area contributed by atoms with E-state index in [2.05, 4.69) is 10.6 Å². The molecule has 0 saturated heterocycles. The number of hydrogen-bond donors (Lipinski definition) is 3. The Morgan fingerprint density at radius 2 is 1.54 bits per heavy atom. The van der Waals surface area contributed by atoms with Gasteiger partial charge in [0.2, 0.25) is 17.7 Å². The first-order valence-electron chi connectivity index (χ1n) is 11.4. The molecule has 0 fully saturated rings. The lowest BCUT2D eigenvalue weighted by Crippen LogP contribution is -2.51. The summed E-state index contributed by atoms with van der Waals surface area (Å²) >= 11 is 0. The number of nitrogens with two attached hydrogens (primary N) is 1. The van der Waals surface area contributed by atoms with Crippen LogP contribution in [0, 0.1) is 0 Å².